The molecule has 6 nitrogen and oxygen atoms in total. The monoisotopic (exact) mass is 297 g/mol. The van der Waals surface area contributed by atoms with Gasteiger partial charge in [-0.1, -0.05) is 0 Å². The Labute approximate surface area is 124 Å². The van der Waals surface area contributed by atoms with Gasteiger partial charge >= 0.3 is 6.01 Å². The van der Waals surface area contributed by atoms with Gasteiger partial charge < -0.3 is 15.4 Å². The van der Waals surface area contributed by atoms with Gasteiger partial charge in [0.25, 0.3) is 0 Å². The zero-order valence-electron chi connectivity index (χ0n) is 12.3. The summed E-state index contributed by atoms with van der Waals surface area (Å²) in [6, 6.07) is 0.362. The molecule has 0 spiro atoms. The molecule has 1 aromatic rings. The predicted molar refractivity (Wildman–Crippen MR) is 83.7 cm³/mol. The summed E-state index contributed by atoms with van der Waals surface area (Å²) in [5.74, 6) is 4.33. The van der Waals surface area contributed by atoms with Crippen LogP contribution in [0, 0.1) is 5.92 Å². The molecule has 2 heterocycles. The van der Waals surface area contributed by atoms with Gasteiger partial charge in [-0.3, -0.25) is 0 Å². The topological polar surface area (TPSA) is 72.0 Å². The van der Waals surface area contributed by atoms with Gasteiger partial charge in [-0.15, -0.1) is 0 Å². The third-order valence-electron chi connectivity index (χ3n) is 3.07. The van der Waals surface area contributed by atoms with Crippen molar-refractivity contribution in [3.05, 3.63) is 0 Å². The number of thioether (sulfide) groups is 1. The highest BCUT2D eigenvalue weighted by molar-refractivity contribution is 7.99. The zero-order valence-corrected chi connectivity index (χ0v) is 13.2. The molecule has 2 N–H and O–H groups in total. The largest absolute Gasteiger partial charge is 0.461 e. The van der Waals surface area contributed by atoms with E-state index >= 15 is 0 Å². The number of rotatable bonds is 6. The second-order valence-corrected chi connectivity index (χ2v) is 6.34. The predicted octanol–water partition coefficient (Wildman–Crippen LogP) is 2.26. The third-order valence-corrected chi connectivity index (χ3v) is 4.12. The van der Waals surface area contributed by atoms with Crippen molar-refractivity contribution in [1.82, 2.24) is 15.0 Å². The first-order valence-corrected chi connectivity index (χ1v) is 8.25. The van der Waals surface area contributed by atoms with Crippen molar-refractivity contribution < 1.29 is 4.74 Å². The van der Waals surface area contributed by atoms with E-state index < -0.39 is 0 Å². The number of aromatic nitrogens is 3. The number of nitrogens with zero attached hydrogens (tertiary/aromatic N) is 3. The van der Waals surface area contributed by atoms with E-state index in [1.807, 2.05) is 25.6 Å². The van der Waals surface area contributed by atoms with Gasteiger partial charge in [-0.2, -0.15) is 26.7 Å². The van der Waals surface area contributed by atoms with E-state index in [2.05, 4.69) is 25.6 Å². The molecule has 1 aliphatic heterocycles. The van der Waals surface area contributed by atoms with Crippen LogP contribution in [0.1, 0.15) is 26.7 Å². The van der Waals surface area contributed by atoms with Crippen LogP contribution in [0.4, 0.5) is 11.9 Å². The molecule has 0 aliphatic carbocycles. The Kier molecular flexibility index (Phi) is 5.70. The van der Waals surface area contributed by atoms with Crippen LogP contribution in [0.3, 0.4) is 0 Å². The van der Waals surface area contributed by atoms with E-state index in [1.165, 1.54) is 24.3 Å². The van der Waals surface area contributed by atoms with Crippen LogP contribution in [0.25, 0.3) is 0 Å². The van der Waals surface area contributed by atoms with E-state index in [0.29, 0.717) is 23.8 Å². The van der Waals surface area contributed by atoms with Crippen molar-refractivity contribution in [3.63, 3.8) is 0 Å². The van der Waals surface area contributed by atoms with Crippen molar-refractivity contribution in [2.75, 3.05) is 35.7 Å². The summed E-state index contributed by atoms with van der Waals surface area (Å²) in [6.45, 7) is 4.82. The fourth-order valence-corrected chi connectivity index (χ4v) is 3.20. The quantitative estimate of drug-likeness (QED) is 0.834. The fourth-order valence-electron chi connectivity index (χ4n) is 2.00. The standard InChI is InChI=1S/C13H23N5OS/c1-9(2)19-13-17-11(14-3)16-12(18-13)15-8-10-4-6-20-7-5-10/h9-10H,4-8H2,1-3H3,(H2,14,15,16,17,18). The molecular weight excluding hydrogens is 274 g/mol. The molecule has 0 bridgehead atoms. The number of hydrogen-bond donors (Lipinski definition) is 2. The maximum atomic E-state index is 5.54. The van der Waals surface area contributed by atoms with Crippen molar-refractivity contribution in [1.29, 1.82) is 0 Å². The Morgan fingerprint density at radius 2 is 1.90 bits per heavy atom. The molecule has 1 aromatic heterocycles. The van der Waals surface area contributed by atoms with Crippen molar-refractivity contribution >= 4 is 23.7 Å². The summed E-state index contributed by atoms with van der Waals surface area (Å²) in [5.41, 5.74) is 0. The summed E-state index contributed by atoms with van der Waals surface area (Å²) in [4.78, 5) is 12.8. The molecule has 0 amide bonds. The summed E-state index contributed by atoms with van der Waals surface area (Å²) in [5, 5.41) is 6.24. The lowest BCUT2D eigenvalue weighted by atomic mass is 10.0. The normalized spacial score (nSPS) is 16.2. The number of nitrogens with one attached hydrogen (secondary N) is 2. The molecule has 0 atom stereocenters. The van der Waals surface area contributed by atoms with Crippen molar-refractivity contribution in [3.8, 4) is 6.01 Å². The van der Waals surface area contributed by atoms with E-state index in [4.69, 9.17) is 4.74 Å². The Bertz CT molecular complexity index is 423. The van der Waals surface area contributed by atoms with Gasteiger partial charge in [0.15, 0.2) is 0 Å². The number of anilines is 2. The summed E-state index contributed by atoms with van der Waals surface area (Å²) in [6.07, 6.45) is 2.57. The van der Waals surface area contributed by atoms with Crippen molar-refractivity contribution in [2.24, 2.45) is 5.92 Å². The molecule has 0 saturated carbocycles. The van der Waals surface area contributed by atoms with Crippen LogP contribution in [0.2, 0.25) is 0 Å². The van der Waals surface area contributed by atoms with Crippen LogP contribution in [-0.4, -0.2) is 46.2 Å². The van der Waals surface area contributed by atoms with Gasteiger partial charge in [-0.25, -0.2) is 0 Å². The van der Waals surface area contributed by atoms with Crippen LogP contribution in [-0.2, 0) is 0 Å². The van der Waals surface area contributed by atoms with Gasteiger partial charge in [0.1, 0.15) is 0 Å². The highest BCUT2D eigenvalue weighted by Crippen LogP contribution is 2.23. The van der Waals surface area contributed by atoms with Gasteiger partial charge in [0, 0.05) is 13.6 Å². The molecular formula is C13H23N5OS. The fraction of sp³-hybridized carbons (Fsp3) is 0.769. The first kappa shape index (κ1) is 15.2. The van der Waals surface area contributed by atoms with Gasteiger partial charge in [0.05, 0.1) is 6.10 Å². The zero-order chi connectivity index (χ0) is 14.4. The second kappa shape index (κ2) is 7.52. The molecule has 7 heteroatoms. The van der Waals surface area contributed by atoms with E-state index in [1.54, 1.807) is 7.05 Å². The highest BCUT2D eigenvalue weighted by Gasteiger charge is 2.15. The second-order valence-electron chi connectivity index (χ2n) is 5.12. The molecule has 0 unspecified atom stereocenters. The highest BCUT2D eigenvalue weighted by atomic mass is 32.2. The number of hydrogen-bond acceptors (Lipinski definition) is 7. The molecule has 20 heavy (non-hydrogen) atoms. The summed E-state index contributed by atoms with van der Waals surface area (Å²) in [7, 11) is 1.79. The Morgan fingerprint density at radius 1 is 1.20 bits per heavy atom. The summed E-state index contributed by atoms with van der Waals surface area (Å²) < 4.78 is 5.54. The average molecular weight is 297 g/mol. The lowest BCUT2D eigenvalue weighted by Crippen LogP contribution is -2.21. The smallest absolute Gasteiger partial charge is 0.323 e. The number of ether oxygens (including phenoxy) is 1. The maximum Gasteiger partial charge on any atom is 0.323 e. The van der Waals surface area contributed by atoms with Crippen LogP contribution in [0.5, 0.6) is 6.01 Å². The average Bonchev–Trinajstić information content (AvgIpc) is 2.45. The maximum absolute atomic E-state index is 5.54. The van der Waals surface area contributed by atoms with Crippen LogP contribution in [0.15, 0.2) is 0 Å². The van der Waals surface area contributed by atoms with Gasteiger partial charge in [-0.05, 0) is 44.1 Å². The van der Waals surface area contributed by atoms with E-state index in [0.717, 1.165) is 6.54 Å². The minimum absolute atomic E-state index is 0.0466. The first-order valence-electron chi connectivity index (χ1n) is 7.09. The van der Waals surface area contributed by atoms with E-state index in [9.17, 15) is 0 Å². The van der Waals surface area contributed by atoms with E-state index in [-0.39, 0.29) is 6.10 Å². The van der Waals surface area contributed by atoms with Crippen LogP contribution < -0.4 is 15.4 Å². The molecule has 2 rings (SSSR count). The molecule has 1 saturated heterocycles. The van der Waals surface area contributed by atoms with Crippen molar-refractivity contribution in [2.45, 2.75) is 32.8 Å². The Morgan fingerprint density at radius 3 is 2.55 bits per heavy atom. The molecule has 112 valence electrons. The third kappa shape index (κ3) is 4.70. The molecule has 1 fully saturated rings. The van der Waals surface area contributed by atoms with Crippen LogP contribution >= 0.6 is 11.8 Å². The molecule has 0 aromatic carbocycles. The Hall–Kier alpha value is -1.24. The minimum Gasteiger partial charge on any atom is -0.461 e. The lowest BCUT2D eigenvalue weighted by molar-refractivity contribution is 0.222. The lowest BCUT2D eigenvalue weighted by Gasteiger charge is -2.21. The SMILES string of the molecule is CNc1nc(NCC2CCSCC2)nc(OC(C)C)n1. The van der Waals surface area contributed by atoms with Gasteiger partial charge in [0.2, 0.25) is 11.9 Å². The molecule has 1 aliphatic rings. The Balaban J connectivity index is 1.98. The minimum atomic E-state index is 0.0466. The summed E-state index contributed by atoms with van der Waals surface area (Å²) >= 11 is 2.04. The molecule has 0 radical (unpaired) electrons. The first-order chi connectivity index (χ1) is 9.67.